The summed E-state index contributed by atoms with van der Waals surface area (Å²) >= 11 is 0. The number of nitrogens with zero attached hydrogens (tertiary/aromatic N) is 3. The average Bonchev–Trinajstić information content (AvgIpc) is 3.41. The summed E-state index contributed by atoms with van der Waals surface area (Å²) in [6.45, 7) is 0.270. The van der Waals surface area contributed by atoms with Crippen molar-refractivity contribution in [1.82, 2.24) is 20.5 Å². The summed E-state index contributed by atoms with van der Waals surface area (Å²) in [5, 5.41) is 15.4. The zero-order valence-corrected chi connectivity index (χ0v) is 23.5. The maximum Gasteiger partial charge on any atom is 0.434 e. The fourth-order valence-electron chi connectivity index (χ4n) is 5.66. The van der Waals surface area contributed by atoms with Crippen molar-refractivity contribution in [2.75, 3.05) is 19.6 Å². The number of hydrogen-bond donors (Lipinski definition) is 4. The van der Waals surface area contributed by atoms with Gasteiger partial charge in [-0.1, -0.05) is 0 Å². The number of carbonyl (C=O) groups excluding carboxylic acids is 2. The van der Waals surface area contributed by atoms with E-state index in [1.807, 2.05) is 0 Å². The Balaban J connectivity index is 1.49. The van der Waals surface area contributed by atoms with Gasteiger partial charge in [0.15, 0.2) is 5.69 Å². The summed E-state index contributed by atoms with van der Waals surface area (Å²) in [6, 6.07) is 1.79. The maximum absolute atomic E-state index is 13.9. The molecule has 1 aromatic heterocycles. The van der Waals surface area contributed by atoms with Crippen LogP contribution in [0.2, 0.25) is 0 Å². The standard InChI is InChI=1S/C28H38F5N7O2/c29-27(30)12-5-14-40(17-27)15-11-20(16-22(41)36-18-8-3-9-18)38-26(42)24(34)39-25(37-19-6-1-2-7-19)21-10-4-13-35-23(21)28(31,32)33/h4,10,13,18-20H,1-3,5-9,11-12,14-17H2,(H,36,41)(H,38,42)(H2,34,37,39)/p+1/t20-/m0/s1. The van der Waals surface area contributed by atoms with Crippen LogP contribution in [-0.4, -0.2) is 77.1 Å². The summed E-state index contributed by atoms with van der Waals surface area (Å²) in [7, 11) is 0. The Morgan fingerprint density at radius 3 is 2.55 bits per heavy atom. The van der Waals surface area contributed by atoms with Gasteiger partial charge in [-0.25, -0.2) is 8.78 Å². The molecule has 3 fully saturated rings. The Morgan fingerprint density at radius 2 is 1.90 bits per heavy atom. The van der Waals surface area contributed by atoms with Crippen molar-refractivity contribution < 1.29 is 36.9 Å². The van der Waals surface area contributed by atoms with Gasteiger partial charge in [0.25, 0.3) is 11.8 Å². The molecule has 2 aliphatic carbocycles. The van der Waals surface area contributed by atoms with Crippen LogP contribution in [0.4, 0.5) is 22.0 Å². The van der Waals surface area contributed by atoms with Gasteiger partial charge in [-0.15, -0.1) is 0 Å². The van der Waals surface area contributed by atoms with Crippen LogP contribution in [0.1, 0.15) is 81.9 Å². The van der Waals surface area contributed by atoms with Gasteiger partial charge < -0.3 is 10.6 Å². The number of aromatic nitrogens is 1. The molecule has 3 aliphatic rings. The van der Waals surface area contributed by atoms with Crippen LogP contribution in [0, 0.1) is 5.41 Å². The van der Waals surface area contributed by atoms with Crippen molar-refractivity contribution in [3.05, 3.63) is 29.6 Å². The number of amidine groups is 2. The Kier molecular flexibility index (Phi) is 10.6. The fourth-order valence-corrected chi connectivity index (χ4v) is 5.66. The molecule has 0 bridgehead atoms. The number of aliphatic imine (C=N–C) groups is 1. The van der Waals surface area contributed by atoms with Gasteiger partial charge in [-0.3, -0.25) is 30.2 Å². The van der Waals surface area contributed by atoms with Crippen molar-refractivity contribution in [1.29, 1.82) is 5.41 Å². The Labute approximate surface area is 241 Å². The van der Waals surface area contributed by atoms with Gasteiger partial charge in [-0.2, -0.15) is 18.2 Å². The number of alkyl halides is 5. The molecule has 14 heteroatoms. The third kappa shape index (κ3) is 9.25. The number of likely N-dealkylation sites (tertiary alicyclic amines) is 1. The van der Waals surface area contributed by atoms with E-state index in [2.05, 4.69) is 20.6 Å². The minimum atomic E-state index is -4.77. The maximum atomic E-state index is 13.9. The lowest BCUT2D eigenvalue weighted by Gasteiger charge is -2.33. The van der Waals surface area contributed by atoms with Gasteiger partial charge in [0.2, 0.25) is 17.6 Å². The molecule has 42 heavy (non-hydrogen) atoms. The highest BCUT2D eigenvalue weighted by Crippen LogP contribution is 2.30. The molecular formula is C28H39F5N7O2+. The van der Waals surface area contributed by atoms with Gasteiger partial charge in [0, 0.05) is 37.7 Å². The van der Waals surface area contributed by atoms with Gasteiger partial charge >= 0.3 is 6.18 Å². The Bertz CT molecular complexity index is 1150. The molecule has 1 aliphatic heterocycles. The third-order valence-electron chi connectivity index (χ3n) is 8.10. The molecular weight excluding hydrogens is 561 g/mol. The van der Waals surface area contributed by atoms with Crippen LogP contribution in [0.25, 0.3) is 0 Å². The molecule has 1 aromatic rings. The number of nitrogens with two attached hydrogens (primary N) is 1. The number of pyridine rings is 1. The molecule has 5 N–H and O–H groups in total. The molecule has 2 amide bonds. The highest BCUT2D eigenvalue weighted by molar-refractivity contribution is 6.38. The van der Waals surface area contributed by atoms with Crippen molar-refractivity contribution in [3.63, 3.8) is 0 Å². The normalized spacial score (nSPS) is 21.0. The summed E-state index contributed by atoms with van der Waals surface area (Å²) in [5.74, 6) is -5.04. The lowest BCUT2D eigenvalue weighted by Crippen LogP contribution is -2.93. The van der Waals surface area contributed by atoms with Crippen molar-refractivity contribution in [2.24, 2.45) is 4.99 Å². The highest BCUT2D eigenvalue weighted by Gasteiger charge is 2.39. The number of rotatable bonds is 9. The lowest BCUT2D eigenvalue weighted by molar-refractivity contribution is -0.578. The summed E-state index contributed by atoms with van der Waals surface area (Å²) in [5.41, 5.74) is -1.48. The number of piperidine rings is 1. The van der Waals surface area contributed by atoms with Crippen LogP contribution in [0.15, 0.2) is 23.3 Å². The zero-order chi connectivity index (χ0) is 30.3. The molecule has 4 rings (SSSR count). The van der Waals surface area contributed by atoms with E-state index < -0.39 is 42.1 Å². The predicted molar refractivity (Wildman–Crippen MR) is 145 cm³/mol. The molecule has 0 unspecified atom stereocenters. The van der Waals surface area contributed by atoms with E-state index in [0.29, 0.717) is 13.0 Å². The number of amides is 2. The van der Waals surface area contributed by atoms with Gasteiger partial charge in [0.05, 0.1) is 18.2 Å². The number of halogens is 5. The molecule has 232 valence electrons. The van der Waals surface area contributed by atoms with Crippen LogP contribution < -0.4 is 16.0 Å². The first-order valence-electron chi connectivity index (χ1n) is 14.6. The molecule has 1 atom stereocenters. The second kappa shape index (κ2) is 14.0. The van der Waals surface area contributed by atoms with Crippen LogP contribution >= 0.6 is 0 Å². The third-order valence-corrected chi connectivity index (χ3v) is 8.10. The second-order valence-corrected chi connectivity index (χ2v) is 11.5. The van der Waals surface area contributed by atoms with E-state index in [-0.39, 0.29) is 55.2 Å². The molecule has 0 spiro atoms. The quantitative estimate of drug-likeness (QED) is 0.198. The minimum Gasteiger partial charge on any atom is -0.353 e. The number of carbonyl (C=O) groups is 2. The zero-order valence-electron chi connectivity index (χ0n) is 23.5. The predicted octanol–water partition coefficient (Wildman–Crippen LogP) is 3.00. The highest BCUT2D eigenvalue weighted by atomic mass is 19.4. The van der Waals surface area contributed by atoms with Crippen LogP contribution in [0.3, 0.4) is 0 Å². The minimum absolute atomic E-state index is 0.0495. The Hall–Kier alpha value is -3.00. The topological polar surface area (TPSA) is 127 Å². The molecule has 2 heterocycles. The first-order chi connectivity index (χ1) is 19.9. The van der Waals surface area contributed by atoms with Crippen molar-refractivity contribution >= 4 is 23.5 Å². The molecule has 0 radical (unpaired) electrons. The SMILES string of the molecule is N=C(N=C([NH2+]C1CCCC1)c1cccnc1C(F)(F)F)C(=O)N[C@@H](CCN1CCCC(F)(F)C1)CC(=O)NC1CCC1. The van der Waals surface area contributed by atoms with Gasteiger partial charge in [0.1, 0.15) is 0 Å². The lowest BCUT2D eigenvalue weighted by atomic mass is 9.93. The Morgan fingerprint density at radius 1 is 1.17 bits per heavy atom. The number of nitrogens with one attached hydrogen (secondary N) is 3. The second-order valence-electron chi connectivity index (χ2n) is 11.5. The number of quaternary nitrogens is 1. The van der Waals surface area contributed by atoms with E-state index >= 15 is 0 Å². The van der Waals surface area contributed by atoms with Crippen molar-refractivity contribution in [2.45, 2.75) is 101 Å². The number of hydrogen-bond acceptors (Lipinski definition) is 5. The van der Waals surface area contributed by atoms with E-state index in [0.717, 1.165) is 51.1 Å². The van der Waals surface area contributed by atoms with E-state index in [1.54, 1.807) is 10.2 Å². The molecule has 0 aromatic carbocycles. The van der Waals surface area contributed by atoms with E-state index in [9.17, 15) is 31.5 Å². The smallest absolute Gasteiger partial charge is 0.353 e. The summed E-state index contributed by atoms with van der Waals surface area (Å²) in [6.07, 6.45) is 2.54. The average molecular weight is 601 g/mol. The molecule has 9 nitrogen and oxygen atoms in total. The summed E-state index contributed by atoms with van der Waals surface area (Å²) in [4.78, 5) is 34.9. The van der Waals surface area contributed by atoms with Crippen molar-refractivity contribution in [3.8, 4) is 0 Å². The van der Waals surface area contributed by atoms with E-state index in [1.165, 1.54) is 12.1 Å². The van der Waals surface area contributed by atoms with Gasteiger partial charge in [-0.05, 0) is 76.5 Å². The first-order valence-corrected chi connectivity index (χ1v) is 14.6. The molecule has 2 saturated carbocycles. The fraction of sp³-hybridized carbons (Fsp3) is 0.679. The first kappa shape index (κ1) is 31.9. The van der Waals surface area contributed by atoms with E-state index in [4.69, 9.17) is 5.41 Å². The monoisotopic (exact) mass is 600 g/mol. The van der Waals surface area contributed by atoms with Crippen LogP contribution in [0.5, 0.6) is 0 Å². The largest absolute Gasteiger partial charge is 0.434 e. The molecule has 1 saturated heterocycles. The summed E-state index contributed by atoms with van der Waals surface area (Å²) < 4.78 is 69.1. The van der Waals surface area contributed by atoms with Crippen LogP contribution in [-0.2, 0) is 15.8 Å².